The van der Waals surface area contributed by atoms with Crippen molar-refractivity contribution in [3.05, 3.63) is 23.1 Å². The number of halogens is 1. The molecule has 2 aromatic heterocycles. The molecule has 78 valence electrons. The fourth-order valence-electron chi connectivity index (χ4n) is 0.991. The molecular formula is C8H8BrN5S. The molecule has 7 heteroatoms. The Balaban J connectivity index is 2.28. The summed E-state index contributed by atoms with van der Waals surface area (Å²) in [5.74, 6) is 0.439. The number of hydrogen-bond donors (Lipinski definition) is 1. The van der Waals surface area contributed by atoms with Crippen LogP contribution < -0.4 is 5.73 Å². The molecule has 0 saturated heterocycles. The van der Waals surface area contributed by atoms with Gasteiger partial charge in [0.15, 0.2) is 10.3 Å². The normalized spacial score (nSPS) is 10.5. The zero-order valence-electron chi connectivity index (χ0n) is 7.88. The number of rotatable bonds is 2. The van der Waals surface area contributed by atoms with Crippen molar-refractivity contribution >= 4 is 33.5 Å². The molecule has 5 nitrogen and oxygen atoms in total. The monoisotopic (exact) mass is 285 g/mol. The summed E-state index contributed by atoms with van der Waals surface area (Å²) in [5.41, 5.74) is 5.60. The van der Waals surface area contributed by atoms with Crippen molar-refractivity contribution in [3.8, 4) is 0 Å². The summed E-state index contributed by atoms with van der Waals surface area (Å²) in [7, 11) is 1.91. The molecule has 2 aromatic rings. The Morgan fingerprint density at radius 2 is 2.27 bits per heavy atom. The molecule has 2 N–H and O–H groups in total. The average molecular weight is 286 g/mol. The first kappa shape index (κ1) is 10.4. The summed E-state index contributed by atoms with van der Waals surface area (Å²) in [5, 5.41) is 1.41. The first-order valence-corrected chi connectivity index (χ1v) is 5.71. The Kier molecular flexibility index (Phi) is 2.92. The molecule has 2 heterocycles. The Hall–Kier alpha value is -1.08. The highest BCUT2D eigenvalue weighted by Gasteiger charge is 2.06. The molecule has 0 aliphatic rings. The number of aromatic nitrogens is 4. The number of nitrogen functional groups attached to an aromatic ring is 1. The minimum absolute atomic E-state index is 0.439. The fraction of sp³-hybridized carbons (Fsp3) is 0.125. The van der Waals surface area contributed by atoms with Gasteiger partial charge in [-0.1, -0.05) is 0 Å². The third-order valence-electron chi connectivity index (χ3n) is 1.65. The Morgan fingerprint density at radius 3 is 2.87 bits per heavy atom. The van der Waals surface area contributed by atoms with Crippen LogP contribution in [0.25, 0.3) is 0 Å². The average Bonchev–Trinajstić information content (AvgIpc) is 2.50. The zero-order valence-corrected chi connectivity index (χ0v) is 10.3. The highest BCUT2D eigenvalue weighted by Crippen LogP contribution is 2.24. The van der Waals surface area contributed by atoms with Crippen LogP contribution in [0.15, 0.2) is 33.4 Å². The van der Waals surface area contributed by atoms with E-state index in [1.807, 2.05) is 17.8 Å². The van der Waals surface area contributed by atoms with Gasteiger partial charge in [0.2, 0.25) is 0 Å². The van der Waals surface area contributed by atoms with E-state index in [1.165, 1.54) is 11.8 Å². The lowest BCUT2D eigenvalue weighted by molar-refractivity contribution is 0.785. The Bertz CT molecular complexity index is 463. The van der Waals surface area contributed by atoms with Crippen LogP contribution in [0.1, 0.15) is 0 Å². The van der Waals surface area contributed by atoms with Crippen LogP contribution in [0.2, 0.25) is 0 Å². The molecule has 0 aliphatic heterocycles. The van der Waals surface area contributed by atoms with E-state index < -0.39 is 0 Å². The predicted octanol–water partition coefficient (Wildman–Crippen LogP) is 1.71. The minimum atomic E-state index is 0.439. The van der Waals surface area contributed by atoms with Crippen molar-refractivity contribution in [2.45, 2.75) is 10.3 Å². The number of nitrogens with zero attached hydrogens (tertiary/aromatic N) is 4. The molecule has 0 unspecified atom stereocenters. The molecule has 0 radical (unpaired) electrons. The van der Waals surface area contributed by atoms with Gasteiger partial charge in [0.05, 0.1) is 0 Å². The maximum absolute atomic E-state index is 5.60. The predicted molar refractivity (Wildman–Crippen MR) is 61.5 cm³/mol. The molecule has 0 aromatic carbocycles. The fourth-order valence-corrected chi connectivity index (χ4v) is 2.29. The van der Waals surface area contributed by atoms with Crippen LogP contribution in [0.4, 0.5) is 5.82 Å². The van der Waals surface area contributed by atoms with Crippen LogP contribution in [-0.4, -0.2) is 19.5 Å². The number of aryl methyl sites for hydroxylation is 1. The summed E-state index contributed by atoms with van der Waals surface area (Å²) in [6.07, 6.45) is 3.59. The van der Waals surface area contributed by atoms with Crippen molar-refractivity contribution in [1.29, 1.82) is 0 Å². The number of anilines is 1. The lowest BCUT2D eigenvalue weighted by Crippen LogP contribution is -1.96. The van der Waals surface area contributed by atoms with Gasteiger partial charge in [-0.05, 0) is 27.7 Å². The largest absolute Gasteiger partial charge is 0.384 e. The zero-order chi connectivity index (χ0) is 10.8. The maximum atomic E-state index is 5.60. The van der Waals surface area contributed by atoms with Crippen LogP contribution in [0.5, 0.6) is 0 Å². The smallest absolute Gasteiger partial charge is 0.198 e. The molecule has 0 fully saturated rings. The van der Waals surface area contributed by atoms with Gasteiger partial charge >= 0.3 is 0 Å². The van der Waals surface area contributed by atoms with Gasteiger partial charge in [-0.25, -0.2) is 15.0 Å². The van der Waals surface area contributed by atoms with E-state index in [9.17, 15) is 0 Å². The topological polar surface area (TPSA) is 69.6 Å². The second-order valence-electron chi connectivity index (χ2n) is 2.82. The summed E-state index contributed by atoms with van der Waals surface area (Å²) in [4.78, 5) is 12.4. The van der Waals surface area contributed by atoms with E-state index >= 15 is 0 Å². The first-order valence-electron chi connectivity index (χ1n) is 4.10. The number of hydrogen-bond acceptors (Lipinski definition) is 5. The van der Waals surface area contributed by atoms with Crippen LogP contribution >= 0.6 is 27.7 Å². The van der Waals surface area contributed by atoms with E-state index in [-0.39, 0.29) is 0 Å². The summed E-state index contributed by atoms with van der Waals surface area (Å²) in [6, 6.07) is 1.66. The molecule has 0 atom stereocenters. The van der Waals surface area contributed by atoms with Gasteiger partial charge in [0.25, 0.3) is 0 Å². The molecule has 0 amide bonds. The summed E-state index contributed by atoms with van der Waals surface area (Å²) in [6.45, 7) is 0. The lowest BCUT2D eigenvalue weighted by Gasteiger charge is -2.01. The van der Waals surface area contributed by atoms with Crippen molar-refractivity contribution in [2.24, 2.45) is 7.05 Å². The second kappa shape index (κ2) is 4.19. The highest BCUT2D eigenvalue weighted by molar-refractivity contribution is 9.10. The molecule has 2 rings (SSSR count). The second-order valence-corrected chi connectivity index (χ2v) is 4.57. The highest BCUT2D eigenvalue weighted by atomic mass is 79.9. The quantitative estimate of drug-likeness (QED) is 0.672. The number of imidazole rings is 1. The van der Waals surface area contributed by atoms with E-state index in [0.29, 0.717) is 15.6 Å². The number of nitrogens with two attached hydrogens (primary N) is 1. The molecular weight excluding hydrogens is 278 g/mol. The summed E-state index contributed by atoms with van der Waals surface area (Å²) < 4.78 is 2.57. The molecule has 15 heavy (non-hydrogen) atoms. The van der Waals surface area contributed by atoms with Gasteiger partial charge in [-0.2, -0.15) is 0 Å². The van der Waals surface area contributed by atoms with E-state index in [0.717, 1.165) is 5.16 Å². The van der Waals surface area contributed by atoms with Crippen LogP contribution in [0, 0.1) is 0 Å². The van der Waals surface area contributed by atoms with Crippen molar-refractivity contribution in [1.82, 2.24) is 19.5 Å². The molecule has 0 spiro atoms. The van der Waals surface area contributed by atoms with Crippen LogP contribution in [0.3, 0.4) is 0 Å². The Morgan fingerprint density at radius 1 is 1.47 bits per heavy atom. The molecule has 0 bridgehead atoms. The first-order chi connectivity index (χ1) is 7.15. The maximum Gasteiger partial charge on any atom is 0.198 e. The van der Waals surface area contributed by atoms with Gasteiger partial charge in [0, 0.05) is 25.5 Å². The molecule has 0 saturated carbocycles. The van der Waals surface area contributed by atoms with Gasteiger partial charge < -0.3 is 10.3 Å². The third kappa shape index (κ3) is 2.48. The molecule has 0 aliphatic carbocycles. The standard InChI is InChI=1S/C8H8BrN5S/c1-14-3-2-11-8(14)15-7-12-5(9)4-6(10)13-7/h2-4H,1H3,(H2,10,12,13). The van der Waals surface area contributed by atoms with Gasteiger partial charge in [-0.3, -0.25) is 0 Å². The van der Waals surface area contributed by atoms with E-state index in [1.54, 1.807) is 12.3 Å². The van der Waals surface area contributed by atoms with Crippen molar-refractivity contribution in [2.75, 3.05) is 5.73 Å². The third-order valence-corrected chi connectivity index (χ3v) is 3.00. The SMILES string of the molecule is Cn1ccnc1Sc1nc(N)cc(Br)n1. The van der Waals surface area contributed by atoms with E-state index in [2.05, 4.69) is 30.9 Å². The Labute approximate surface area is 99.3 Å². The van der Waals surface area contributed by atoms with Crippen molar-refractivity contribution in [3.63, 3.8) is 0 Å². The summed E-state index contributed by atoms with van der Waals surface area (Å²) >= 11 is 4.63. The minimum Gasteiger partial charge on any atom is -0.384 e. The van der Waals surface area contributed by atoms with Crippen LogP contribution in [-0.2, 0) is 7.05 Å². The van der Waals surface area contributed by atoms with E-state index in [4.69, 9.17) is 5.73 Å². The van der Waals surface area contributed by atoms with Crippen molar-refractivity contribution < 1.29 is 0 Å². The van der Waals surface area contributed by atoms with Gasteiger partial charge in [0.1, 0.15) is 10.4 Å². The van der Waals surface area contributed by atoms with Gasteiger partial charge in [-0.15, -0.1) is 0 Å². The lowest BCUT2D eigenvalue weighted by atomic mass is 10.6.